The van der Waals surface area contributed by atoms with E-state index in [0.717, 1.165) is 17.3 Å². The van der Waals surface area contributed by atoms with Gasteiger partial charge in [-0.05, 0) is 44.1 Å². The fourth-order valence-corrected chi connectivity index (χ4v) is 4.64. The number of hydrogen-bond donors (Lipinski definition) is 2. The molecule has 0 spiro atoms. The summed E-state index contributed by atoms with van der Waals surface area (Å²) in [6.07, 6.45) is 5.10. The molecule has 2 aliphatic carbocycles. The third-order valence-electron chi connectivity index (χ3n) is 5.17. The molecule has 4 rings (SSSR count). The Morgan fingerprint density at radius 1 is 1.38 bits per heavy atom. The molecule has 2 fully saturated rings. The van der Waals surface area contributed by atoms with E-state index in [-0.39, 0.29) is 5.91 Å². The molecule has 0 unspecified atom stereocenters. The van der Waals surface area contributed by atoms with Crippen molar-refractivity contribution in [1.82, 2.24) is 20.5 Å². The molecular formula is C18H22N4OS. The number of nitrogens with zero attached hydrogens (tertiary/aromatic N) is 2. The zero-order valence-corrected chi connectivity index (χ0v) is 14.6. The number of nitrogens with one attached hydrogen (secondary N) is 2. The highest BCUT2D eigenvalue weighted by Gasteiger charge is 2.39. The highest BCUT2D eigenvalue weighted by molar-refractivity contribution is 7.99. The third-order valence-corrected chi connectivity index (χ3v) is 6.02. The average molecular weight is 342 g/mol. The molecule has 3 atom stereocenters. The van der Waals surface area contributed by atoms with Gasteiger partial charge in [-0.2, -0.15) is 0 Å². The van der Waals surface area contributed by atoms with E-state index in [0.29, 0.717) is 22.9 Å². The Morgan fingerprint density at radius 2 is 2.29 bits per heavy atom. The topological polar surface area (TPSA) is 70.7 Å². The maximum absolute atomic E-state index is 12.2. The van der Waals surface area contributed by atoms with Crippen LogP contribution in [-0.4, -0.2) is 32.9 Å². The minimum atomic E-state index is 0.0967. The number of aromatic amines is 1. The van der Waals surface area contributed by atoms with Crippen molar-refractivity contribution in [3.05, 3.63) is 29.8 Å². The minimum absolute atomic E-state index is 0.0967. The predicted octanol–water partition coefficient (Wildman–Crippen LogP) is 3.18. The van der Waals surface area contributed by atoms with Crippen molar-refractivity contribution in [1.29, 1.82) is 0 Å². The van der Waals surface area contributed by atoms with Gasteiger partial charge in [0, 0.05) is 11.6 Å². The molecule has 0 aliphatic heterocycles. The van der Waals surface area contributed by atoms with Gasteiger partial charge in [0.25, 0.3) is 0 Å². The molecule has 1 aromatic carbocycles. The van der Waals surface area contributed by atoms with E-state index < -0.39 is 0 Å². The number of aryl methyl sites for hydroxylation is 1. The number of fused-ring (bicyclic) bond motifs is 2. The second-order valence-corrected chi connectivity index (χ2v) is 7.92. The van der Waals surface area contributed by atoms with Gasteiger partial charge in [0.1, 0.15) is 0 Å². The Hall–Kier alpha value is -1.82. The lowest BCUT2D eigenvalue weighted by Crippen LogP contribution is -2.39. The maximum atomic E-state index is 12.2. The van der Waals surface area contributed by atoms with Crippen LogP contribution in [0, 0.1) is 18.8 Å². The predicted molar refractivity (Wildman–Crippen MR) is 94.7 cm³/mol. The highest BCUT2D eigenvalue weighted by atomic mass is 32.2. The number of amides is 1. The smallest absolute Gasteiger partial charge is 0.230 e. The standard InChI is InChI=1S/C18H22N4OS/c1-11-3-2-4-14(7-11)17-20-18(22-21-17)24-10-16(23)19-15-9-12-5-6-13(15)8-12/h2-4,7,12-13,15H,5-6,8-10H2,1H3,(H,19,23)(H,20,21,22)/t12-,13-,15-/m0/s1. The molecular weight excluding hydrogens is 320 g/mol. The van der Waals surface area contributed by atoms with Crippen LogP contribution in [-0.2, 0) is 4.79 Å². The summed E-state index contributed by atoms with van der Waals surface area (Å²) in [5, 5.41) is 11.0. The van der Waals surface area contributed by atoms with Gasteiger partial charge in [0.15, 0.2) is 5.82 Å². The van der Waals surface area contributed by atoms with Crippen molar-refractivity contribution in [3.63, 3.8) is 0 Å². The molecule has 2 saturated carbocycles. The van der Waals surface area contributed by atoms with Gasteiger partial charge in [-0.1, -0.05) is 41.9 Å². The van der Waals surface area contributed by atoms with Gasteiger partial charge in [0.05, 0.1) is 5.75 Å². The summed E-state index contributed by atoms with van der Waals surface area (Å²) < 4.78 is 0. The SMILES string of the molecule is Cc1cccc(-c2nc(SCC(=O)N[C@H]3C[C@H]4CC[C@H]3C4)n[nH]2)c1. The molecule has 1 amide bonds. The first kappa shape index (κ1) is 15.7. The van der Waals surface area contributed by atoms with Crippen molar-refractivity contribution in [2.75, 3.05) is 5.75 Å². The second kappa shape index (κ2) is 6.59. The first-order chi connectivity index (χ1) is 11.7. The van der Waals surface area contributed by atoms with Crippen LogP contribution < -0.4 is 5.32 Å². The first-order valence-electron chi connectivity index (χ1n) is 8.59. The molecule has 2 bridgehead atoms. The first-order valence-corrected chi connectivity index (χ1v) is 9.57. The van der Waals surface area contributed by atoms with Gasteiger partial charge in [-0.3, -0.25) is 9.89 Å². The second-order valence-electron chi connectivity index (χ2n) is 6.97. The number of benzene rings is 1. The highest BCUT2D eigenvalue weighted by Crippen LogP contribution is 2.44. The van der Waals surface area contributed by atoms with Crippen LogP contribution in [0.5, 0.6) is 0 Å². The molecule has 2 aromatic rings. The summed E-state index contributed by atoms with van der Waals surface area (Å²) in [7, 11) is 0. The Labute approximate surface area is 146 Å². The van der Waals surface area contributed by atoms with Crippen LogP contribution in [0.15, 0.2) is 29.4 Å². The summed E-state index contributed by atoms with van der Waals surface area (Å²) in [6.45, 7) is 2.05. The van der Waals surface area contributed by atoms with E-state index in [4.69, 9.17) is 0 Å². The summed E-state index contributed by atoms with van der Waals surface area (Å²) in [4.78, 5) is 16.7. The van der Waals surface area contributed by atoms with Gasteiger partial charge in [0.2, 0.25) is 11.1 Å². The van der Waals surface area contributed by atoms with Crippen molar-refractivity contribution < 1.29 is 4.79 Å². The lowest BCUT2D eigenvalue weighted by atomic mass is 9.95. The molecule has 2 aliphatic rings. The van der Waals surface area contributed by atoms with Crippen LogP contribution >= 0.6 is 11.8 Å². The number of carbonyl (C=O) groups is 1. The Morgan fingerprint density at radius 3 is 3.04 bits per heavy atom. The van der Waals surface area contributed by atoms with E-state index in [1.807, 2.05) is 12.1 Å². The minimum Gasteiger partial charge on any atom is -0.352 e. The normalized spacial score (nSPS) is 25.1. The van der Waals surface area contributed by atoms with Gasteiger partial charge >= 0.3 is 0 Å². The zero-order chi connectivity index (χ0) is 16.5. The van der Waals surface area contributed by atoms with Crippen molar-refractivity contribution in [2.45, 2.75) is 43.8 Å². The van der Waals surface area contributed by atoms with Crippen LogP contribution in [0.4, 0.5) is 0 Å². The Bertz CT molecular complexity index is 744. The Kier molecular flexibility index (Phi) is 4.31. The maximum Gasteiger partial charge on any atom is 0.230 e. The van der Waals surface area contributed by atoms with E-state index >= 15 is 0 Å². The number of thioether (sulfide) groups is 1. The average Bonchev–Trinajstić information content (AvgIpc) is 3.29. The largest absolute Gasteiger partial charge is 0.352 e. The number of rotatable bonds is 5. The summed E-state index contributed by atoms with van der Waals surface area (Å²) in [5.41, 5.74) is 2.20. The molecule has 0 saturated heterocycles. The van der Waals surface area contributed by atoms with Gasteiger partial charge in [-0.25, -0.2) is 4.98 Å². The van der Waals surface area contributed by atoms with E-state index in [1.54, 1.807) is 0 Å². The lowest BCUT2D eigenvalue weighted by Gasteiger charge is -2.22. The van der Waals surface area contributed by atoms with Crippen LogP contribution in [0.1, 0.15) is 31.2 Å². The van der Waals surface area contributed by atoms with Crippen molar-refractivity contribution in [2.24, 2.45) is 11.8 Å². The van der Waals surface area contributed by atoms with Crippen LogP contribution in [0.3, 0.4) is 0 Å². The fraction of sp³-hybridized carbons (Fsp3) is 0.500. The summed E-state index contributed by atoms with van der Waals surface area (Å²) >= 11 is 1.39. The Balaban J connectivity index is 1.31. The van der Waals surface area contributed by atoms with Crippen LogP contribution in [0.25, 0.3) is 11.4 Å². The zero-order valence-electron chi connectivity index (χ0n) is 13.8. The third kappa shape index (κ3) is 3.34. The number of carbonyl (C=O) groups excluding carboxylic acids is 1. The van der Waals surface area contributed by atoms with Gasteiger partial charge in [-0.15, -0.1) is 5.10 Å². The van der Waals surface area contributed by atoms with E-state index in [2.05, 4.69) is 39.6 Å². The number of aromatic nitrogens is 3. The van der Waals surface area contributed by atoms with Crippen molar-refractivity contribution >= 4 is 17.7 Å². The molecule has 5 nitrogen and oxygen atoms in total. The molecule has 6 heteroatoms. The lowest BCUT2D eigenvalue weighted by molar-refractivity contribution is -0.119. The molecule has 2 N–H and O–H groups in total. The van der Waals surface area contributed by atoms with Gasteiger partial charge < -0.3 is 5.32 Å². The molecule has 24 heavy (non-hydrogen) atoms. The summed E-state index contributed by atoms with van der Waals surface area (Å²) in [5.74, 6) is 2.77. The quantitative estimate of drug-likeness (QED) is 0.819. The summed E-state index contributed by atoms with van der Waals surface area (Å²) in [6, 6.07) is 8.52. The number of hydrogen-bond acceptors (Lipinski definition) is 4. The fourth-order valence-electron chi connectivity index (χ4n) is 4.03. The molecule has 126 valence electrons. The van der Waals surface area contributed by atoms with E-state index in [1.165, 1.54) is 43.0 Å². The van der Waals surface area contributed by atoms with E-state index in [9.17, 15) is 4.79 Å². The monoisotopic (exact) mass is 342 g/mol. The molecule has 1 aromatic heterocycles. The molecule has 1 heterocycles. The van der Waals surface area contributed by atoms with Crippen molar-refractivity contribution in [3.8, 4) is 11.4 Å². The number of H-pyrrole nitrogens is 1. The van der Waals surface area contributed by atoms with Crippen LogP contribution in [0.2, 0.25) is 0 Å². The molecule has 0 radical (unpaired) electrons.